The van der Waals surface area contributed by atoms with Crippen LogP contribution in [0.1, 0.15) is 38.3 Å². The molecule has 2 unspecified atom stereocenters. The van der Waals surface area contributed by atoms with E-state index in [0.29, 0.717) is 0 Å². The molecular weight excluding hydrogens is 332 g/mol. The lowest BCUT2D eigenvalue weighted by atomic mass is 9.74. The summed E-state index contributed by atoms with van der Waals surface area (Å²) in [5.74, 6) is 4.70. The number of aliphatic hydroxyl groups is 1. The second-order valence-electron chi connectivity index (χ2n) is 7.13. The van der Waals surface area contributed by atoms with Gasteiger partial charge in [-0.2, -0.15) is 0 Å². The first kappa shape index (κ1) is 17.8. The first-order chi connectivity index (χ1) is 11.8. The summed E-state index contributed by atoms with van der Waals surface area (Å²) in [5.41, 5.74) is 1.02. The molecule has 130 valence electrons. The lowest BCUT2D eigenvalue weighted by Gasteiger charge is -2.34. The summed E-state index contributed by atoms with van der Waals surface area (Å²) in [6.07, 6.45) is 5.88. The van der Waals surface area contributed by atoms with Gasteiger partial charge < -0.3 is 10.2 Å². The molecule has 3 nitrogen and oxygen atoms in total. The van der Waals surface area contributed by atoms with Crippen LogP contribution in [0.2, 0.25) is 0 Å². The summed E-state index contributed by atoms with van der Waals surface area (Å²) in [6.45, 7) is 6.13. The average Bonchev–Trinajstić information content (AvgIpc) is 2.56. The minimum Gasteiger partial charge on any atom is -0.479 e. The molecule has 2 aliphatic rings. The van der Waals surface area contributed by atoms with E-state index in [-0.39, 0.29) is 5.41 Å². The molecule has 0 aromatic heterocycles. The van der Waals surface area contributed by atoms with Crippen LogP contribution in [0.3, 0.4) is 0 Å². The van der Waals surface area contributed by atoms with Crippen LogP contribution in [0, 0.1) is 17.8 Å². The molecule has 0 amide bonds. The Morgan fingerprint density at radius 2 is 2.12 bits per heavy atom. The normalized spacial score (nSPS) is 26.9. The van der Waals surface area contributed by atoms with Gasteiger partial charge in [-0.05, 0) is 59.4 Å². The van der Waals surface area contributed by atoms with Crippen molar-refractivity contribution in [2.45, 2.75) is 43.1 Å². The molecule has 25 heavy (non-hydrogen) atoms. The Balaban J connectivity index is 2.12. The van der Waals surface area contributed by atoms with Crippen LogP contribution in [0.4, 0.5) is 0 Å². The molecular formula is C21H22O3S. The number of benzene rings is 1. The zero-order chi connectivity index (χ0) is 18.2. The van der Waals surface area contributed by atoms with Crippen molar-refractivity contribution in [3.8, 4) is 11.8 Å². The van der Waals surface area contributed by atoms with E-state index in [1.807, 2.05) is 23.9 Å². The fourth-order valence-electron chi connectivity index (χ4n) is 3.43. The van der Waals surface area contributed by atoms with Gasteiger partial charge in [0.15, 0.2) is 5.60 Å². The standard InChI is InChI=1S/C21H22O3S/c1-4-6-16-15(7-5-10-21(16,24)19(22)23)14-8-9-18-17(13-14)20(2,3)11-12-25-18/h5,7-10,13,16,24H,11-12H2,1-3H3,(H,22,23). The van der Waals surface area contributed by atoms with Crippen LogP contribution in [-0.2, 0) is 10.2 Å². The highest BCUT2D eigenvalue weighted by molar-refractivity contribution is 7.99. The molecule has 0 bridgehead atoms. The number of fused-ring (bicyclic) bond motifs is 1. The Kier molecular flexibility index (Phi) is 4.57. The van der Waals surface area contributed by atoms with Crippen molar-refractivity contribution in [3.63, 3.8) is 0 Å². The molecule has 3 rings (SSSR count). The van der Waals surface area contributed by atoms with Crippen molar-refractivity contribution in [1.82, 2.24) is 0 Å². The molecule has 1 aromatic rings. The lowest BCUT2D eigenvalue weighted by Crippen LogP contribution is -2.45. The number of carbonyl (C=O) groups is 1. The maximum atomic E-state index is 11.7. The van der Waals surface area contributed by atoms with Gasteiger partial charge in [0.1, 0.15) is 0 Å². The van der Waals surface area contributed by atoms with Gasteiger partial charge in [-0.25, -0.2) is 4.79 Å². The molecule has 1 aromatic carbocycles. The summed E-state index contributed by atoms with van der Waals surface area (Å²) < 4.78 is 0. The van der Waals surface area contributed by atoms with Gasteiger partial charge in [0.05, 0.1) is 5.92 Å². The predicted molar refractivity (Wildman–Crippen MR) is 101 cm³/mol. The van der Waals surface area contributed by atoms with Crippen molar-refractivity contribution in [2.24, 2.45) is 5.92 Å². The van der Waals surface area contributed by atoms with Crippen LogP contribution in [0.5, 0.6) is 0 Å². The molecule has 1 aliphatic carbocycles. The van der Waals surface area contributed by atoms with E-state index in [4.69, 9.17) is 0 Å². The highest BCUT2D eigenvalue weighted by Crippen LogP contribution is 2.44. The minimum absolute atomic E-state index is 0.0801. The number of hydrogen-bond acceptors (Lipinski definition) is 3. The first-order valence-electron chi connectivity index (χ1n) is 8.35. The van der Waals surface area contributed by atoms with Gasteiger partial charge in [-0.15, -0.1) is 17.7 Å². The second kappa shape index (κ2) is 6.40. The van der Waals surface area contributed by atoms with Crippen molar-refractivity contribution in [2.75, 3.05) is 5.75 Å². The molecule has 1 heterocycles. The summed E-state index contributed by atoms with van der Waals surface area (Å²) in [4.78, 5) is 13.0. The van der Waals surface area contributed by atoms with Crippen LogP contribution in [0.15, 0.2) is 41.3 Å². The second-order valence-corrected chi connectivity index (χ2v) is 8.27. The van der Waals surface area contributed by atoms with Gasteiger partial charge in [-0.1, -0.05) is 38.0 Å². The van der Waals surface area contributed by atoms with Gasteiger partial charge in [0.2, 0.25) is 0 Å². The van der Waals surface area contributed by atoms with E-state index in [0.717, 1.165) is 23.3 Å². The molecule has 0 spiro atoms. The largest absolute Gasteiger partial charge is 0.479 e. The number of carboxylic acid groups (broad SMARTS) is 1. The number of rotatable bonds is 2. The molecule has 2 atom stereocenters. The summed E-state index contributed by atoms with van der Waals surface area (Å²) in [6, 6.07) is 6.25. The summed E-state index contributed by atoms with van der Waals surface area (Å²) in [5, 5.41) is 20.2. The molecule has 0 saturated carbocycles. The number of hydrogen-bond donors (Lipinski definition) is 2. The average molecular weight is 354 g/mol. The fourth-order valence-corrected chi connectivity index (χ4v) is 4.92. The van der Waals surface area contributed by atoms with Crippen LogP contribution >= 0.6 is 11.8 Å². The van der Waals surface area contributed by atoms with Crippen LogP contribution < -0.4 is 0 Å². The number of carboxylic acids is 1. The Morgan fingerprint density at radius 3 is 2.80 bits per heavy atom. The number of thioether (sulfide) groups is 1. The van der Waals surface area contributed by atoms with Crippen LogP contribution in [-0.4, -0.2) is 27.5 Å². The monoisotopic (exact) mass is 354 g/mol. The zero-order valence-electron chi connectivity index (χ0n) is 14.7. The van der Waals surface area contributed by atoms with Gasteiger partial charge in [0.25, 0.3) is 0 Å². The van der Waals surface area contributed by atoms with Gasteiger partial charge in [-0.3, -0.25) is 0 Å². The third-order valence-corrected chi connectivity index (χ3v) is 6.11. The van der Waals surface area contributed by atoms with E-state index >= 15 is 0 Å². The molecule has 0 fully saturated rings. The van der Waals surface area contributed by atoms with Crippen molar-refractivity contribution >= 4 is 23.3 Å². The quantitative estimate of drug-likeness (QED) is 0.792. The third-order valence-electron chi connectivity index (χ3n) is 5.04. The maximum Gasteiger partial charge on any atom is 0.341 e. The lowest BCUT2D eigenvalue weighted by molar-refractivity contribution is -0.155. The summed E-state index contributed by atoms with van der Waals surface area (Å²) in [7, 11) is 0. The van der Waals surface area contributed by atoms with E-state index in [9.17, 15) is 15.0 Å². The Hall–Kier alpha value is -1.96. The van der Waals surface area contributed by atoms with Crippen molar-refractivity contribution in [3.05, 3.63) is 47.6 Å². The smallest absolute Gasteiger partial charge is 0.341 e. The SMILES string of the molecule is CC#CC1C(c2ccc3c(c2)C(C)(C)CCS3)=CC=CC1(O)C(=O)O. The highest BCUT2D eigenvalue weighted by Gasteiger charge is 2.45. The molecule has 1 aliphatic heterocycles. The van der Waals surface area contributed by atoms with E-state index in [1.165, 1.54) is 16.5 Å². The molecule has 0 radical (unpaired) electrons. The topological polar surface area (TPSA) is 57.5 Å². The van der Waals surface area contributed by atoms with E-state index < -0.39 is 17.5 Å². The number of aliphatic carboxylic acids is 1. The van der Waals surface area contributed by atoms with Crippen molar-refractivity contribution < 1.29 is 15.0 Å². The fraction of sp³-hybridized carbons (Fsp3) is 0.381. The first-order valence-corrected chi connectivity index (χ1v) is 9.33. The highest BCUT2D eigenvalue weighted by atomic mass is 32.2. The molecule has 2 N–H and O–H groups in total. The van der Waals surface area contributed by atoms with Crippen molar-refractivity contribution in [1.29, 1.82) is 0 Å². The van der Waals surface area contributed by atoms with Crippen LogP contribution in [0.25, 0.3) is 5.57 Å². The van der Waals surface area contributed by atoms with E-state index in [2.05, 4.69) is 37.8 Å². The number of allylic oxidation sites excluding steroid dienone is 2. The molecule has 0 saturated heterocycles. The Bertz CT molecular complexity index is 838. The summed E-state index contributed by atoms with van der Waals surface area (Å²) >= 11 is 1.86. The Labute approximate surface area is 152 Å². The minimum atomic E-state index is -2.01. The van der Waals surface area contributed by atoms with Gasteiger partial charge in [0, 0.05) is 4.90 Å². The maximum absolute atomic E-state index is 11.7. The predicted octanol–water partition coefficient (Wildman–Crippen LogP) is 3.87. The third kappa shape index (κ3) is 3.03. The van der Waals surface area contributed by atoms with E-state index in [1.54, 1.807) is 13.0 Å². The molecule has 4 heteroatoms. The zero-order valence-corrected chi connectivity index (χ0v) is 15.5. The van der Waals surface area contributed by atoms with Gasteiger partial charge >= 0.3 is 5.97 Å². The Morgan fingerprint density at radius 1 is 1.36 bits per heavy atom.